The Morgan fingerprint density at radius 1 is 1.35 bits per heavy atom. The molecule has 0 unspecified atom stereocenters. The fourth-order valence-corrected chi connectivity index (χ4v) is 2.97. The molecular weight excluding hydrogens is 322 g/mol. The van der Waals surface area contributed by atoms with Crippen molar-refractivity contribution in [1.82, 2.24) is 9.99 Å². The number of halogens is 1. The summed E-state index contributed by atoms with van der Waals surface area (Å²) in [5.74, 6) is -1.43. The smallest absolute Gasteiger partial charge is 0.343 e. The van der Waals surface area contributed by atoms with Gasteiger partial charge in [0.1, 0.15) is 11.4 Å². The number of carbonyl (C=O) groups is 2. The molecule has 1 aromatic heterocycles. The van der Waals surface area contributed by atoms with E-state index in [1.54, 1.807) is 5.01 Å². The Hall–Kier alpha value is -2.38. The first-order valence-corrected chi connectivity index (χ1v) is 7.49. The van der Waals surface area contributed by atoms with Gasteiger partial charge in [-0.2, -0.15) is 0 Å². The number of rotatable bonds is 4. The number of fused-ring (bicyclic) bond motifs is 1. The molecule has 120 valence electrons. The molecule has 1 saturated heterocycles. The van der Waals surface area contributed by atoms with E-state index >= 15 is 0 Å². The molecule has 0 spiro atoms. The van der Waals surface area contributed by atoms with Gasteiger partial charge in [-0.3, -0.25) is 9.59 Å². The minimum absolute atomic E-state index is 0.0471. The molecule has 0 aliphatic carbocycles. The summed E-state index contributed by atoms with van der Waals surface area (Å²) in [5, 5.41) is 12.9. The molecule has 0 bridgehead atoms. The highest BCUT2D eigenvalue weighted by Crippen LogP contribution is 2.24. The first-order chi connectivity index (χ1) is 11.0. The van der Waals surface area contributed by atoms with Gasteiger partial charge in [-0.25, -0.2) is 14.8 Å². The molecule has 1 amide bonds. The number of nitrogens with zero attached hydrogens (tertiary/aromatic N) is 2. The van der Waals surface area contributed by atoms with E-state index in [1.807, 2.05) is 0 Å². The van der Waals surface area contributed by atoms with Crippen LogP contribution in [0, 0.1) is 0 Å². The van der Waals surface area contributed by atoms with Crippen LogP contribution in [-0.2, 0) is 4.79 Å². The van der Waals surface area contributed by atoms with E-state index in [0.717, 1.165) is 17.9 Å². The number of nitrogens with one attached hydrogen (secondary N) is 1. The second kappa shape index (κ2) is 6.02. The predicted octanol–water partition coefficient (Wildman–Crippen LogP) is 1.85. The number of hydrazine groups is 1. The van der Waals surface area contributed by atoms with Gasteiger partial charge in [0, 0.05) is 23.5 Å². The third-order valence-corrected chi connectivity index (χ3v) is 4.11. The van der Waals surface area contributed by atoms with Gasteiger partial charge in [0.2, 0.25) is 11.8 Å². The molecule has 2 aromatic rings. The van der Waals surface area contributed by atoms with Crippen molar-refractivity contribution in [1.29, 1.82) is 0 Å². The van der Waals surface area contributed by atoms with E-state index in [4.69, 9.17) is 11.6 Å². The topological polar surface area (TPSA) is 93.7 Å². The third-order valence-electron chi connectivity index (χ3n) is 3.87. The number of amides is 1. The van der Waals surface area contributed by atoms with Gasteiger partial charge in [-0.15, -0.1) is 0 Å². The van der Waals surface area contributed by atoms with Crippen LogP contribution in [0.5, 0.6) is 0 Å². The molecular formula is C15H14ClN3O4. The number of aromatic nitrogens is 1. The van der Waals surface area contributed by atoms with Crippen LogP contribution in [-0.4, -0.2) is 40.6 Å². The molecule has 1 aliphatic rings. The van der Waals surface area contributed by atoms with Crippen molar-refractivity contribution in [3.8, 4) is 0 Å². The number of anilines is 1. The second-order valence-electron chi connectivity index (χ2n) is 5.28. The Morgan fingerprint density at radius 2 is 2.04 bits per heavy atom. The molecule has 0 radical (unpaired) electrons. The van der Waals surface area contributed by atoms with Crippen molar-refractivity contribution >= 4 is 40.7 Å². The van der Waals surface area contributed by atoms with E-state index in [2.05, 4.69) is 4.98 Å². The lowest BCUT2D eigenvalue weighted by Crippen LogP contribution is -2.42. The summed E-state index contributed by atoms with van der Waals surface area (Å²) in [6.45, 7) is 1.24. The number of benzene rings is 1. The van der Waals surface area contributed by atoms with E-state index in [-0.39, 0.29) is 11.2 Å². The Kier molecular flexibility index (Phi) is 4.06. The Morgan fingerprint density at radius 3 is 2.65 bits per heavy atom. The fraction of sp³-hybridized carbons (Fsp3) is 0.267. The molecule has 2 N–H and O–H groups in total. The summed E-state index contributed by atoms with van der Waals surface area (Å²) in [4.78, 5) is 38.5. The summed E-state index contributed by atoms with van der Waals surface area (Å²) < 4.78 is 0. The quantitative estimate of drug-likeness (QED) is 0.832. The first-order valence-electron chi connectivity index (χ1n) is 7.11. The van der Waals surface area contributed by atoms with Gasteiger partial charge in [0.05, 0.1) is 5.52 Å². The van der Waals surface area contributed by atoms with Gasteiger partial charge >= 0.3 is 5.97 Å². The molecule has 1 aromatic carbocycles. The highest BCUT2D eigenvalue weighted by atomic mass is 35.5. The molecule has 23 heavy (non-hydrogen) atoms. The molecule has 1 aliphatic heterocycles. The highest BCUT2D eigenvalue weighted by Gasteiger charge is 2.27. The zero-order valence-corrected chi connectivity index (χ0v) is 12.8. The maximum Gasteiger partial charge on any atom is 0.343 e. The minimum Gasteiger partial charge on any atom is -0.477 e. The van der Waals surface area contributed by atoms with Crippen LogP contribution in [0.15, 0.2) is 23.0 Å². The molecule has 0 saturated carbocycles. The van der Waals surface area contributed by atoms with E-state index < -0.39 is 17.0 Å². The highest BCUT2D eigenvalue weighted by molar-refractivity contribution is 6.31. The number of hydrogen-bond donors (Lipinski definition) is 2. The van der Waals surface area contributed by atoms with Crippen molar-refractivity contribution in [3.05, 3.63) is 39.0 Å². The Balaban J connectivity index is 2.28. The molecule has 0 atom stereocenters. The number of aromatic amines is 1. The largest absolute Gasteiger partial charge is 0.477 e. The maximum absolute atomic E-state index is 12.5. The zero-order valence-electron chi connectivity index (χ0n) is 12.1. The van der Waals surface area contributed by atoms with Crippen molar-refractivity contribution in [2.45, 2.75) is 12.8 Å². The van der Waals surface area contributed by atoms with Crippen molar-refractivity contribution in [3.63, 3.8) is 0 Å². The van der Waals surface area contributed by atoms with E-state index in [0.29, 0.717) is 30.0 Å². The van der Waals surface area contributed by atoms with Gasteiger partial charge < -0.3 is 10.1 Å². The van der Waals surface area contributed by atoms with Gasteiger partial charge in [0.25, 0.3) is 0 Å². The standard InChI is InChI=1S/C15H14ClN3O4/c16-9-3-4-10-11(7-9)17-14(12(13(10)21)15(22)23)19(8-20)18-5-1-2-6-18/h3-4,7-8H,1-2,5-6H2,(H,17,21)(H,22,23). The monoisotopic (exact) mass is 335 g/mol. The van der Waals surface area contributed by atoms with Crippen molar-refractivity contribution < 1.29 is 14.7 Å². The summed E-state index contributed by atoms with van der Waals surface area (Å²) >= 11 is 5.93. The van der Waals surface area contributed by atoms with E-state index in [9.17, 15) is 19.5 Å². The van der Waals surface area contributed by atoms with Gasteiger partial charge in [0.15, 0.2) is 0 Å². The Bertz CT molecular complexity index is 842. The van der Waals surface area contributed by atoms with Crippen LogP contribution in [0.3, 0.4) is 0 Å². The van der Waals surface area contributed by atoms with Crippen molar-refractivity contribution in [2.24, 2.45) is 0 Å². The molecule has 8 heteroatoms. The zero-order chi connectivity index (χ0) is 16.6. The average Bonchev–Trinajstić information content (AvgIpc) is 3.01. The summed E-state index contributed by atoms with van der Waals surface area (Å²) in [5.41, 5.74) is -0.726. The number of H-pyrrole nitrogens is 1. The second-order valence-corrected chi connectivity index (χ2v) is 5.72. The van der Waals surface area contributed by atoms with Crippen LogP contribution in [0.4, 0.5) is 5.82 Å². The normalized spacial score (nSPS) is 15.0. The van der Waals surface area contributed by atoms with Crippen LogP contribution >= 0.6 is 11.6 Å². The van der Waals surface area contributed by atoms with Crippen LogP contribution in [0.1, 0.15) is 23.2 Å². The summed E-state index contributed by atoms with van der Waals surface area (Å²) in [7, 11) is 0. The van der Waals surface area contributed by atoms with Crippen molar-refractivity contribution in [2.75, 3.05) is 18.1 Å². The lowest BCUT2D eigenvalue weighted by Gasteiger charge is -2.28. The van der Waals surface area contributed by atoms with Crippen LogP contribution in [0.25, 0.3) is 10.9 Å². The number of hydrogen-bond acceptors (Lipinski definition) is 4. The summed E-state index contributed by atoms with van der Waals surface area (Å²) in [6.07, 6.45) is 2.31. The van der Waals surface area contributed by atoms with E-state index in [1.165, 1.54) is 18.2 Å². The third kappa shape index (κ3) is 2.69. The van der Waals surface area contributed by atoms with Crippen LogP contribution in [0.2, 0.25) is 5.02 Å². The number of carboxylic acids is 1. The molecule has 2 heterocycles. The minimum atomic E-state index is -1.39. The molecule has 7 nitrogen and oxygen atoms in total. The average molecular weight is 336 g/mol. The molecule has 1 fully saturated rings. The fourth-order valence-electron chi connectivity index (χ4n) is 2.80. The lowest BCUT2D eigenvalue weighted by atomic mass is 10.1. The summed E-state index contributed by atoms with van der Waals surface area (Å²) in [6, 6.07) is 4.51. The SMILES string of the molecule is O=CN(c1[nH]c2cc(Cl)ccc2c(=O)c1C(=O)O)N1CCCC1. The van der Waals surface area contributed by atoms with Crippen LogP contribution < -0.4 is 10.4 Å². The number of carbonyl (C=O) groups excluding carboxylic acids is 1. The Labute approximate surface area is 136 Å². The predicted molar refractivity (Wildman–Crippen MR) is 85.9 cm³/mol. The van der Waals surface area contributed by atoms with Gasteiger partial charge in [-0.1, -0.05) is 11.6 Å². The van der Waals surface area contributed by atoms with Gasteiger partial charge in [-0.05, 0) is 31.0 Å². The number of pyridine rings is 1. The first kappa shape index (κ1) is 15.5. The molecule has 3 rings (SSSR count). The maximum atomic E-state index is 12.5. The number of aromatic carboxylic acids is 1. The lowest BCUT2D eigenvalue weighted by molar-refractivity contribution is -0.109. The number of carboxylic acid groups (broad SMARTS) is 1.